The Hall–Kier alpha value is -4.01. The number of benzene rings is 2. The molecule has 0 spiro atoms. The fourth-order valence-electron chi connectivity index (χ4n) is 4.53. The Morgan fingerprint density at radius 1 is 1.00 bits per heavy atom. The molecule has 2 aliphatic rings. The summed E-state index contributed by atoms with van der Waals surface area (Å²) >= 11 is 0. The van der Waals surface area contributed by atoms with Gasteiger partial charge in [0.15, 0.2) is 18.1 Å². The van der Waals surface area contributed by atoms with Gasteiger partial charge in [-0.15, -0.1) is 0 Å². The molecule has 5 rings (SSSR count). The van der Waals surface area contributed by atoms with Crippen LogP contribution in [0.5, 0.6) is 17.2 Å². The van der Waals surface area contributed by atoms with E-state index in [-0.39, 0.29) is 25.0 Å². The van der Waals surface area contributed by atoms with E-state index in [1.165, 1.54) is 6.07 Å². The van der Waals surface area contributed by atoms with Crippen LogP contribution in [0.4, 0.5) is 0 Å². The molecule has 0 N–H and O–H groups in total. The van der Waals surface area contributed by atoms with E-state index in [4.69, 9.17) is 18.6 Å². The van der Waals surface area contributed by atoms with Crippen LogP contribution in [-0.4, -0.2) is 67.1 Å². The van der Waals surface area contributed by atoms with E-state index in [0.29, 0.717) is 49.0 Å². The average Bonchev–Trinajstić information content (AvgIpc) is 2.91. The highest BCUT2D eigenvalue weighted by Crippen LogP contribution is 2.31. The standard InChI is InChI=1S/C27H28N2O7/c1-2-5-18-14-26(31)36-23-15-19(8-9-20(18)23)33-17-25(30)28-10-12-29(13-11-28)27(32)24-16-34-21-6-3-4-7-22(21)35-24/h3-4,6-9,14-15,24H,2,5,10-13,16-17H2,1H3/t24-/m1/s1. The Bertz CT molecular complexity index is 1330. The zero-order chi connectivity index (χ0) is 25.1. The highest BCUT2D eigenvalue weighted by atomic mass is 16.6. The summed E-state index contributed by atoms with van der Waals surface area (Å²) in [5.41, 5.74) is 0.980. The van der Waals surface area contributed by atoms with Gasteiger partial charge in [0.1, 0.15) is 17.9 Å². The van der Waals surface area contributed by atoms with Gasteiger partial charge >= 0.3 is 5.63 Å². The monoisotopic (exact) mass is 492 g/mol. The Labute approximate surface area is 208 Å². The summed E-state index contributed by atoms with van der Waals surface area (Å²) in [7, 11) is 0. The first-order chi connectivity index (χ1) is 17.5. The second-order valence-electron chi connectivity index (χ2n) is 8.86. The lowest BCUT2D eigenvalue weighted by Gasteiger charge is -2.37. The largest absolute Gasteiger partial charge is 0.485 e. The molecule has 0 aliphatic carbocycles. The van der Waals surface area contributed by atoms with Crippen molar-refractivity contribution >= 4 is 22.8 Å². The predicted molar refractivity (Wildman–Crippen MR) is 131 cm³/mol. The van der Waals surface area contributed by atoms with Gasteiger partial charge < -0.3 is 28.4 Å². The number of hydrogen-bond acceptors (Lipinski definition) is 7. The number of para-hydroxylation sites is 2. The van der Waals surface area contributed by atoms with Gasteiger partial charge in [0, 0.05) is 43.7 Å². The summed E-state index contributed by atoms with van der Waals surface area (Å²) < 4.78 is 22.5. The van der Waals surface area contributed by atoms with Crippen LogP contribution in [-0.2, 0) is 16.0 Å². The maximum atomic E-state index is 12.9. The summed E-state index contributed by atoms with van der Waals surface area (Å²) in [6.07, 6.45) is 0.999. The number of nitrogens with zero attached hydrogens (tertiary/aromatic N) is 2. The van der Waals surface area contributed by atoms with Crippen LogP contribution in [0.2, 0.25) is 0 Å². The van der Waals surface area contributed by atoms with Crippen LogP contribution < -0.4 is 19.8 Å². The third-order valence-electron chi connectivity index (χ3n) is 6.41. The molecular formula is C27H28N2O7. The smallest absolute Gasteiger partial charge is 0.336 e. The normalized spacial score (nSPS) is 17.2. The summed E-state index contributed by atoms with van der Waals surface area (Å²) in [5.74, 6) is 1.33. The van der Waals surface area contributed by atoms with E-state index in [0.717, 1.165) is 23.8 Å². The molecule has 0 saturated carbocycles. The van der Waals surface area contributed by atoms with Crippen LogP contribution in [0, 0.1) is 0 Å². The van der Waals surface area contributed by atoms with Gasteiger partial charge in [0.05, 0.1) is 0 Å². The number of rotatable bonds is 6. The first-order valence-electron chi connectivity index (χ1n) is 12.2. The van der Waals surface area contributed by atoms with E-state index in [1.54, 1.807) is 34.1 Å². The first kappa shape index (κ1) is 23.7. The van der Waals surface area contributed by atoms with Gasteiger partial charge in [0.2, 0.25) is 6.10 Å². The molecule has 3 aromatic rings. The topological polar surface area (TPSA) is 98.5 Å². The fraction of sp³-hybridized carbons (Fsp3) is 0.370. The lowest BCUT2D eigenvalue weighted by atomic mass is 10.1. The molecule has 0 bridgehead atoms. The minimum Gasteiger partial charge on any atom is -0.485 e. The Morgan fingerprint density at radius 2 is 1.75 bits per heavy atom. The van der Waals surface area contributed by atoms with Crippen molar-refractivity contribution in [3.8, 4) is 17.2 Å². The maximum Gasteiger partial charge on any atom is 0.336 e. The molecule has 1 aromatic heterocycles. The highest BCUT2D eigenvalue weighted by Gasteiger charge is 2.33. The molecule has 2 amide bonds. The van der Waals surface area contributed by atoms with Crippen molar-refractivity contribution < 1.29 is 28.2 Å². The van der Waals surface area contributed by atoms with Crippen molar-refractivity contribution in [2.75, 3.05) is 39.4 Å². The van der Waals surface area contributed by atoms with Crippen molar-refractivity contribution in [1.82, 2.24) is 9.80 Å². The van der Waals surface area contributed by atoms with Crippen molar-refractivity contribution in [2.24, 2.45) is 0 Å². The second kappa shape index (κ2) is 10.3. The summed E-state index contributed by atoms with van der Waals surface area (Å²) in [4.78, 5) is 40.9. The average molecular weight is 493 g/mol. The Balaban J connectivity index is 1.14. The molecule has 9 nitrogen and oxygen atoms in total. The molecule has 1 fully saturated rings. The molecule has 1 atom stereocenters. The second-order valence-corrected chi connectivity index (χ2v) is 8.86. The van der Waals surface area contributed by atoms with E-state index in [2.05, 4.69) is 6.92 Å². The molecule has 2 aliphatic heterocycles. The number of carbonyl (C=O) groups is 2. The van der Waals surface area contributed by atoms with Crippen molar-refractivity contribution in [1.29, 1.82) is 0 Å². The van der Waals surface area contributed by atoms with Gasteiger partial charge in [-0.2, -0.15) is 0 Å². The third-order valence-corrected chi connectivity index (χ3v) is 6.41. The van der Waals surface area contributed by atoms with Crippen molar-refractivity contribution in [3.05, 3.63) is 64.5 Å². The SMILES string of the molecule is CCCc1cc(=O)oc2cc(OCC(=O)N3CCN(C(=O)[C@H]4COc5ccccc5O4)CC3)ccc12. The number of fused-ring (bicyclic) bond motifs is 2. The van der Waals surface area contributed by atoms with Gasteiger partial charge in [-0.1, -0.05) is 25.5 Å². The molecule has 0 unspecified atom stereocenters. The molecule has 3 heterocycles. The maximum absolute atomic E-state index is 12.9. The first-order valence-corrected chi connectivity index (χ1v) is 12.2. The number of carbonyl (C=O) groups excluding carboxylic acids is 2. The van der Waals surface area contributed by atoms with Gasteiger partial charge in [-0.25, -0.2) is 4.79 Å². The summed E-state index contributed by atoms with van der Waals surface area (Å²) in [6.45, 7) is 3.71. The molecule has 188 valence electrons. The third kappa shape index (κ3) is 5.00. The van der Waals surface area contributed by atoms with Gasteiger partial charge in [-0.3, -0.25) is 9.59 Å². The van der Waals surface area contributed by atoms with E-state index < -0.39 is 11.7 Å². The highest BCUT2D eigenvalue weighted by molar-refractivity contribution is 5.83. The van der Waals surface area contributed by atoms with E-state index in [1.807, 2.05) is 18.2 Å². The van der Waals surface area contributed by atoms with Crippen LogP contribution in [0.25, 0.3) is 11.0 Å². The number of piperazine rings is 1. The van der Waals surface area contributed by atoms with Gasteiger partial charge in [-0.05, 0) is 36.2 Å². The molecule has 2 aromatic carbocycles. The predicted octanol–water partition coefficient (Wildman–Crippen LogP) is 2.64. The van der Waals surface area contributed by atoms with Crippen LogP contribution >= 0.6 is 0 Å². The zero-order valence-electron chi connectivity index (χ0n) is 20.1. The van der Waals surface area contributed by atoms with Gasteiger partial charge in [0.25, 0.3) is 11.8 Å². The molecular weight excluding hydrogens is 464 g/mol. The molecule has 0 radical (unpaired) electrons. The van der Waals surface area contributed by atoms with Crippen molar-refractivity contribution in [3.63, 3.8) is 0 Å². The van der Waals surface area contributed by atoms with Crippen molar-refractivity contribution in [2.45, 2.75) is 25.9 Å². The Kier molecular flexibility index (Phi) is 6.79. The minimum absolute atomic E-state index is 0.144. The summed E-state index contributed by atoms with van der Waals surface area (Å²) in [6, 6.07) is 14.1. The quantitative estimate of drug-likeness (QED) is 0.488. The Morgan fingerprint density at radius 3 is 2.53 bits per heavy atom. The molecule has 9 heteroatoms. The molecule has 1 saturated heterocycles. The fourth-order valence-corrected chi connectivity index (χ4v) is 4.53. The van der Waals surface area contributed by atoms with Crippen LogP contribution in [0.3, 0.4) is 0 Å². The lowest BCUT2D eigenvalue weighted by Crippen LogP contribution is -2.55. The van der Waals surface area contributed by atoms with Crippen LogP contribution in [0.15, 0.2) is 57.7 Å². The minimum atomic E-state index is -0.698. The number of amides is 2. The number of ether oxygens (including phenoxy) is 3. The zero-order valence-corrected chi connectivity index (χ0v) is 20.1. The number of aryl methyl sites for hydroxylation is 1. The van der Waals surface area contributed by atoms with Crippen LogP contribution in [0.1, 0.15) is 18.9 Å². The summed E-state index contributed by atoms with van der Waals surface area (Å²) in [5, 5.41) is 0.867. The van der Waals surface area contributed by atoms with E-state index >= 15 is 0 Å². The lowest BCUT2D eigenvalue weighted by molar-refractivity contribution is -0.146. The van der Waals surface area contributed by atoms with E-state index in [9.17, 15) is 14.4 Å². The number of hydrogen-bond donors (Lipinski definition) is 0. The molecule has 36 heavy (non-hydrogen) atoms.